The van der Waals surface area contributed by atoms with Gasteiger partial charge in [-0.25, -0.2) is 18.0 Å². The number of nitrogens with zero attached hydrogens (tertiary/aromatic N) is 2. The SMILES string of the molecule is CC(C)C1[C@@H](C(=O)O)N(C(=O)c2cc(C3CC3)c(OCC3(F)CCN(Cc4cc(C(F)(F)F)ccc4Cl)CC3)cc2F)C[C@@H]1F. The molecule has 0 aromatic heterocycles. The third-order valence-electron chi connectivity index (χ3n) is 9.13. The van der Waals surface area contributed by atoms with E-state index < -0.39 is 66.4 Å². The zero-order valence-corrected chi connectivity index (χ0v) is 25.6. The van der Waals surface area contributed by atoms with Crippen molar-refractivity contribution in [3.63, 3.8) is 0 Å². The van der Waals surface area contributed by atoms with E-state index in [1.54, 1.807) is 13.8 Å². The zero-order valence-electron chi connectivity index (χ0n) is 24.8. The first-order valence-corrected chi connectivity index (χ1v) is 15.4. The minimum atomic E-state index is -4.51. The first kappa shape index (κ1) is 33.4. The fourth-order valence-corrected chi connectivity index (χ4v) is 6.60. The van der Waals surface area contributed by atoms with Crippen LogP contribution in [0.25, 0.3) is 0 Å². The minimum Gasteiger partial charge on any atom is -0.490 e. The maximum atomic E-state index is 15.8. The second-order valence-electron chi connectivity index (χ2n) is 12.7. The summed E-state index contributed by atoms with van der Waals surface area (Å²) in [5.74, 6) is -4.52. The van der Waals surface area contributed by atoms with E-state index >= 15 is 8.78 Å². The number of amides is 1. The Bertz CT molecular complexity index is 1440. The molecular weight excluding hydrogens is 626 g/mol. The van der Waals surface area contributed by atoms with Gasteiger partial charge in [0.15, 0.2) is 0 Å². The van der Waals surface area contributed by atoms with Crippen LogP contribution in [0.5, 0.6) is 5.75 Å². The van der Waals surface area contributed by atoms with E-state index in [4.69, 9.17) is 16.3 Å². The highest BCUT2D eigenvalue weighted by Gasteiger charge is 2.50. The number of alkyl halides is 5. The lowest BCUT2D eigenvalue weighted by Crippen LogP contribution is -2.45. The molecule has 3 atom stereocenters. The number of piperidine rings is 1. The summed E-state index contributed by atoms with van der Waals surface area (Å²) < 4.78 is 91.3. The number of hydrogen-bond donors (Lipinski definition) is 1. The number of aliphatic carboxylic acids is 1. The second-order valence-corrected chi connectivity index (χ2v) is 13.1. The number of rotatable bonds is 9. The van der Waals surface area contributed by atoms with Gasteiger partial charge in [0.1, 0.15) is 36.1 Å². The van der Waals surface area contributed by atoms with Gasteiger partial charge in [0, 0.05) is 36.6 Å². The summed E-state index contributed by atoms with van der Waals surface area (Å²) in [6, 6.07) is 3.99. The van der Waals surface area contributed by atoms with Crippen molar-refractivity contribution < 1.29 is 45.8 Å². The van der Waals surface area contributed by atoms with Gasteiger partial charge in [0.2, 0.25) is 0 Å². The number of carbonyl (C=O) groups is 2. The molecule has 6 nitrogen and oxygen atoms in total. The molecule has 45 heavy (non-hydrogen) atoms. The fraction of sp³-hybridized carbons (Fsp3) is 0.562. The van der Waals surface area contributed by atoms with E-state index in [2.05, 4.69) is 0 Å². The number of likely N-dealkylation sites (tertiary alicyclic amines) is 2. The normalized spacial score (nSPS) is 23.9. The average Bonchev–Trinajstić information content (AvgIpc) is 3.74. The highest BCUT2D eigenvalue weighted by Crippen LogP contribution is 2.46. The molecule has 2 aliphatic heterocycles. The van der Waals surface area contributed by atoms with Gasteiger partial charge in [-0.1, -0.05) is 25.4 Å². The van der Waals surface area contributed by atoms with Crippen LogP contribution in [0.1, 0.15) is 72.5 Å². The van der Waals surface area contributed by atoms with Crippen LogP contribution in [0, 0.1) is 17.7 Å². The Morgan fingerprint density at radius 3 is 2.38 bits per heavy atom. The molecule has 13 heteroatoms. The van der Waals surface area contributed by atoms with Crippen LogP contribution in [0.15, 0.2) is 30.3 Å². The molecule has 1 saturated carbocycles. The number of halogens is 7. The Morgan fingerprint density at radius 1 is 1.13 bits per heavy atom. The molecule has 0 bridgehead atoms. The number of benzene rings is 2. The lowest BCUT2D eigenvalue weighted by Gasteiger charge is -2.36. The van der Waals surface area contributed by atoms with Crippen LogP contribution in [0.2, 0.25) is 5.02 Å². The van der Waals surface area contributed by atoms with Gasteiger partial charge in [-0.3, -0.25) is 9.69 Å². The molecule has 2 saturated heterocycles. The quantitative estimate of drug-likeness (QED) is 0.287. The van der Waals surface area contributed by atoms with E-state index in [-0.39, 0.29) is 60.6 Å². The van der Waals surface area contributed by atoms with Crippen molar-refractivity contribution >= 4 is 23.5 Å². The largest absolute Gasteiger partial charge is 0.490 e. The number of carboxylic acid groups (broad SMARTS) is 1. The summed E-state index contributed by atoms with van der Waals surface area (Å²) in [7, 11) is 0. The highest BCUT2D eigenvalue weighted by atomic mass is 35.5. The van der Waals surface area contributed by atoms with Crippen molar-refractivity contribution in [2.45, 2.75) is 76.1 Å². The maximum Gasteiger partial charge on any atom is 0.416 e. The van der Waals surface area contributed by atoms with E-state index in [0.29, 0.717) is 11.1 Å². The third-order valence-corrected chi connectivity index (χ3v) is 9.49. The van der Waals surface area contributed by atoms with E-state index in [1.807, 2.05) is 4.90 Å². The molecule has 1 amide bonds. The van der Waals surface area contributed by atoms with Crippen molar-refractivity contribution in [2.24, 2.45) is 11.8 Å². The van der Waals surface area contributed by atoms with Crippen LogP contribution in [-0.4, -0.2) is 70.9 Å². The van der Waals surface area contributed by atoms with Gasteiger partial charge in [-0.2, -0.15) is 13.2 Å². The molecule has 0 spiro atoms. The summed E-state index contributed by atoms with van der Waals surface area (Å²) in [4.78, 5) is 28.1. The Balaban J connectivity index is 1.26. The maximum absolute atomic E-state index is 15.8. The molecule has 2 aromatic rings. The lowest BCUT2D eigenvalue weighted by molar-refractivity contribution is -0.143. The summed E-state index contributed by atoms with van der Waals surface area (Å²) in [6.45, 7) is 3.07. The first-order chi connectivity index (χ1) is 21.1. The number of ether oxygens (including phenoxy) is 1. The fourth-order valence-electron chi connectivity index (χ4n) is 6.42. The minimum absolute atomic E-state index is 0.0222. The summed E-state index contributed by atoms with van der Waals surface area (Å²) in [5, 5.41) is 9.97. The van der Waals surface area contributed by atoms with E-state index in [1.165, 1.54) is 12.1 Å². The van der Waals surface area contributed by atoms with Crippen LogP contribution < -0.4 is 4.74 Å². The Hall–Kier alpha value is -2.99. The molecule has 2 heterocycles. The predicted molar refractivity (Wildman–Crippen MR) is 154 cm³/mol. The zero-order chi connectivity index (χ0) is 32.8. The van der Waals surface area contributed by atoms with Gasteiger partial charge < -0.3 is 14.7 Å². The monoisotopic (exact) mass is 660 g/mol. The molecule has 246 valence electrons. The lowest BCUT2D eigenvalue weighted by atomic mass is 9.87. The summed E-state index contributed by atoms with van der Waals surface area (Å²) >= 11 is 6.13. The Morgan fingerprint density at radius 2 is 1.80 bits per heavy atom. The molecule has 2 aromatic carbocycles. The van der Waals surface area contributed by atoms with Gasteiger partial charge in [-0.05, 0) is 72.9 Å². The third kappa shape index (κ3) is 7.21. The van der Waals surface area contributed by atoms with Crippen molar-refractivity contribution in [1.29, 1.82) is 0 Å². The average molecular weight is 661 g/mol. The van der Waals surface area contributed by atoms with Crippen molar-refractivity contribution in [1.82, 2.24) is 9.80 Å². The van der Waals surface area contributed by atoms with Crippen LogP contribution in [0.4, 0.5) is 26.3 Å². The van der Waals surface area contributed by atoms with E-state index in [9.17, 15) is 32.3 Å². The predicted octanol–water partition coefficient (Wildman–Crippen LogP) is 7.28. The highest BCUT2D eigenvalue weighted by molar-refractivity contribution is 6.31. The molecule has 3 aliphatic rings. The van der Waals surface area contributed by atoms with Crippen molar-refractivity contribution in [3.05, 3.63) is 63.4 Å². The molecular formula is C32H35ClF6N2O4. The van der Waals surface area contributed by atoms with Crippen LogP contribution >= 0.6 is 11.6 Å². The molecule has 1 unspecified atom stereocenters. The molecule has 1 aliphatic carbocycles. The van der Waals surface area contributed by atoms with Gasteiger partial charge in [0.25, 0.3) is 5.91 Å². The Kier molecular flexibility index (Phi) is 9.39. The molecule has 1 N–H and O–H groups in total. The number of hydrogen-bond acceptors (Lipinski definition) is 4. The topological polar surface area (TPSA) is 70.1 Å². The van der Waals surface area contributed by atoms with Gasteiger partial charge >= 0.3 is 12.1 Å². The molecule has 0 radical (unpaired) electrons. The van der Waals surface area contributed by atoms with E-state index in [0.717, 1.165) is 35.9 Å². The second kappa shape index (κ2) is 12.7. The summed E-state index contributed by atoms with van der Waals surface area (Å²) in [5.41, 5.74) is -2.19. The molecule has 5 rings (SSSR count). The van der Waals surface area contributed by atoms with Gasteiger partial charge in [-0.15, -0.1) is 0 Å². The number of carboxylic acids is 1. The standard InChI is InChI=1S/C32H35ClF6N2O4/c1-17(2)27-25(35)15-41(28(27)30(43)44)29(42)22-12-21(18-3-4-18)26(13-24(22)34)45-16-31(36)7-9-40(10-8-31)14-19-11-20(32(37,38)39)5-6-23(19)33/h5-6,11-13,17-18,25,27-28H,3-4,7-10,14-16H2,1-2H3,(H,43,44)/t25-,27?,28-/m0/s1. The Labute approximate surface area is 262 Å². The number of carbonyl (C=O) groups excluding carboxylic acids is 1. The van der Waals surface area contributed by atoms with Crippen LogP contribution in [-0.2, 0) is 17.5 Å². The summed E-state index contributed by atoms with van der Waals surface area (Å²) in [6.07, 6.45) is -4.55. The van der Waals surface area contributed by atoms with Crippen LogP contribution in [0.3, 0.4) is 0 Å². The van der Waals surface area contributed by atoms with Gasteiger partial charge in [0.05, 0.1) is 17.7 Å². The smallest absolute Gasteiger partial charge is 0.416 e. The van der Waals surface area contributed by atoms with Crippen molar-refractivity contribution in [3.8, 4) is 5.75 Å². The first-order valence-electron chi connectivity index (χ1n) is 15.0. The van der Waals surface area contributed by atoms with Crippen molar-refractivity contribution in [2.75, 3.05) is 26.2 Å². The molecule has 3 fully saturated rings.